The van der Waals surface area contributed by atoms with Crippen molar-refractivity contribution >= 4 is 34.4 Å². The molecule has 0 aliphatic heterocycles. The van der Waals surface area contributed by atoms with Gasteiger partial charge in [-0.25, -0.2) is 0 Å². The molecule has 0 aliphatic rings. The third-order valence-electron chi connectivity index (χ3n) is 2.77. The number of phenols is 1. The Bertz CT molecular complexity index is 746. The smallest absolute Gasteiger partial charge is 0.261 e. The van der Waals surface area contributed by atoms with E-state index < -0.39 is 0 Å². The third kappa shape index (κ3) is 3.56. The fraction of sp³-hybridized carbons (Fsp3) is 0.0667. The van der Waals surface area contributed by atoms with Crippen LogP contribution in [0.1, 0.15) is 5.82 Å². The van der Waals surface area contributed by atoms with Gasteiger partial charge in [0.1, 0.15) is 5.75 Å². The number of hydrogen-bond donors (Lipinski definition) is 1. The molecule has 0 atom stereocenters. The molecule has 0 saturated heterocycles. The van der Waals surface area contributed by atoms with E-state index in [4.69, 9.17) is 4.52 Å². The van der Waals surface area contributed by atoms with Crippen molar-refractivity contribution in [3.8, 4) is 17.2 Å². The van der Waals surface area contributed by atoms with Crippen molar-refractivity contribution < 1.29 is 9.63 Å². The maximum absolute atomic E-state index is 9.87. The van der Waals surface area contributed by atoms with Gasteiger partial charge in [-0.2, -0.15) is 4.98 Å². The standard InChI is InChI=1S/C15H11IN2O2S/c16-10-6-7-13(19)12(8-10)15-17-14(18-20-15)9-21-11-4-2-1-3-5-11/h1-8,19H,9H2. The molecule has 0 unspecified atom stereocenters. The summed E-state index contributed by atoms with van der Waals surface area (Å²) in [6.07, 6.45) is 0. The summed E-state index contributed by atoms with van der Waals surface area (Å²) in [4.78, 5) is 5.49. The second kappa shape index (κ2) is 6.48. The lowest BCUT2D eigenvalue weighted by atomic mass is 10.2. The average Bonchev–Trinajstić information content (AvgIpc) is 2.97. The molecule has 0 fully saturated rings. The predicted molar refractivity (Wildman–Crippen MR) is 90.1 cm³/mol. The van der Waals surface area contributed by atoms with E-state index >= 15 is 0 Å². The molecule has 1 aromatic heterocycles. The first-order valence-corrected chi connectivity index (χ1v) is 8.28. The van der Waals surface area contributed by atoms with E-state index in [1.807, 2.05) is 42.5 Å². The Kier molecular flexibility index (Phi) is 4.45. The number of phenolic OH excluding ortho intramolecular Hbond substituents is 1. The van der Waals surface area contributed by atoms with E-state index in [0.717, 1.165) is 8.47 Å². The lowest BCUT2D eigenvalue weighted by molar-refractivity contribution is 0.419. The molecule has 106 valence electrons. The summed E-state index contributed by atoms with van der Waals surface area (Å²) in [6, 6.07) is 15.3. The first-order chi connectivity index (χ1) is 10.2. The van der Waals surface area contributed by atoms with Crippen molar-refractivity contribution in [2.45, 2.75) is 10.6 Å². The summed E-state index contributed by atoms with van der Waals surface area (Å²) in [5.74, 6) is 1.71. The van der Waals surface area contributed by atoms with Gasteiger partial charge >= 0.3 is 0 Å². The van der Waals surface area contributed by atoms with Gasteiger partial charge in [0, 0.05) is 8.47 Å². The number of rotatable bonds is 4. The van der Waals surface area contributed by atoms with Gasteiger partial charge in [-0.05, 0) is 52.9 Å². The van der Waals surface area contributed by atoms with Crippen LogP contribution in [0.25, 0.3) is 11.5 Å². The number of thioether (sulfide) groups is 1. The normalized spacial score (nSPS) is 10.7. The summed E-state index contributed by atoms with van der Waals surface area (Å²) in [5, 5.41) is 13.8. The highest BCUT2D eigenvalue weighted by Gasteiger charge is 2.13. The van der Waals surface area contributed by atoms with Gasteiger partial charge in [0.05, 0.1) is 11.3 Å². The first-order valence-electron chi connectivity index (χ1n) is 6.22. The third-order valence-corrected chi connectivity index (χ3v) is 4.45. The average molecular weight is 410 g/mol. The summed E-state index contributed by atoms with van der Waals surface area (Å²) >= 11 is 3.82. The first kappa shape index (κ1) is 14.4. The predicted octanol–water partition coefficient (Wildman–Crippen LogP) is 4.34. The minimum atomic E-state index is 0.140. The van der Waals surface area contributed by atoms with Gasteiger partial charge in [0.2, 0.25) is 0 Å². The molecule has 21 heavy (non-hydrogen) atoms. The van der Waals surface area contributed by atoms with Crippen LogP contribution in [0.15, 0.2) is 57.9 Å². The van der Waals surface area contributed by atoms with Crippen LogP contribution >= 0.6 is 34.4 Å². The highest BCUT2D eigenvalue weighted by atomic mass is 127. The van der Waals surface area contributed by atoms with Crippen LogP contribution in [0.4, 0.5) is 0 Å². The van der Waals surface area contributed by atoms with Crippen molar-refractivity contribution in [1.29, 1.82) is 0 Å². The van der Waals surface area contributed by atoms with E-state index in [-0.39, 0.29) is 5.75 Å². The highest BCUT2D eigenvalue weighted by Crippen LogP contribution is 2.30. The van der Waals surface area contributed by atoms with Crippen molar-refractivity contribution in [3.63, 3.8) is 0 Å². The van der Waals surface area contributed by atoms with Crippen LogP contribution in [0.2, 0.25) is 0 Å². The molecule has 0 spiro atoms. The second-order valence-corrected chi connectivity index (χ2v) is 6.57. The Labute approximate surface area is 139 Å². The zero-order valence-corrected chi connectivity index (χ0v) is 13.8. The van der Waals surface area contributed by atoms with Crippen LogP contribution in [-0.4, -0.2) is 15.2 Å². The van der Waals surface area contributed by atoms with E-state index in [0.29, 0.717) is 23.0 Å². The largest absolute Gasteiger partial charge is 0.507 e. The number of nitrogens with zero attached hydrogens (tertiary/aromatic N) is 2. The molecule has 0 radical (unpaired) electrons. The maximum Gasteiger partial charge on any atom is 0.261 e. The van der Waals surface area contributed by atoms with Crippen molar-refractivity contribution in [2.24, 2.45) is 0 Å². The lowest BCUT2D eigenvalue weighted by Gasteiger charge is -1.99. The topological polar surface area (TPSA) is 59.2 Å². The number of aromatic hydroxyl groups is 1. The monoisotopic (exact) mass is 410 g/mol. The van der Waals surface area contributed by atoms with Crippen LogP contribution in [0, 0.1) is 3.57 Å². The van der Waals surface area contributed by atoms with Crippen LogP contribution in [0.5, 0.6) is 5.75 Å². The van der Waals surface area contributed by atoms with Crippen molar-refractivity contribution in [3.05, 3.63) is 57.9 Å². The maximum atomic E-state index is 9.87. The zero-order valence-electron chi connectivity index (χ0n) is 10.9. The molecule has 2 aromatic carbocycles. The summed E-state index contributed by atoms with van der Waals surface area (Å²) < 4.78 is 6.24. The number of halogens is 1. The molecular weight excluding hydrogens is 399 g/mol. The Morgan fingerprint density at radius 2 is 1.95 bits per heavy atom. The number of benzene rings is 2. The van der Waals surface area contributed by atoms with E-state index in [1.165, 1.54) is 0 Å². The van der Waals surface area contributed by atoms with Crippen molar-refractivity contribution in [1.82, 2.24) is 10.1 Å². The van der Waals surface area contributed by atoms with Crippen molar-refractivity contribution in [2.75, 3.05) is 0 Å². The molecule has 1 heterocycles. The fourth-order valence-corrected chi connectivity index (χ4v) is 3.02. The zero-order chi connectivity index (χ0) is 14.7. The summed E-state index contributed by atoms with van der Waals surface area (Å²) in [7, 11) is 0. The quantitative estimate of drug-likeness (QED) is 0.512. The minimum Gasteiger partial charge on any atom is -0.507 e. The fourth-order valence-electron chi connectivity index (χ4n) is 1.77. The Morgan fingerprint density at radius 1 is 1.14 bits per heavy atom. The summed E-state index contributed by atoms with van der Waals surface area (Å²) in [6.45, 7) is 0. The number of aromatic nitrogens is 2. The van der Waals surface area contributed by atoms with Gasteiger partial charge < -0.3 is 9.63 Å². The molecule has 0 saturated carbocycles. The van der Waals surface area contributed by atoms with Gasteiger partial charge in [0.15, 0.2) is 5.82 Å². The summed E-state index contributed by atoms with van der Waals surface area (Å²) in [5.41, 5.74) is 0.561. The Hall–Kier alpha value is -1.54. The van der Waals surface area contributed by atoms with E-state index in [1.54, 1.807) is 17.8 Å². The SMILES string of the molecule is Oc1ccc(I)cc1-c1nc(CSc2ccccc2)no1. The van der Waals surface area contributed by atoms with Crippen LogP contribution in [-0.2, 0) is 5.75 Å². The van der Waals surface area contributed by atoms with Gasteiger partial charge in [0.25, 0.3) is 5.89 Å². The molecule has 6 heteroatoms. The molecular formula is C15H11IN2O2S. The molecule has 0 amide bonds. The highest BCUT2D eigenvalue weighted by molar-refractivity contribution is 14.1. The van der Waals surface area contributed by atoms with Gasteiger partial charge in [-0.1, -0.05) is 23.4 Å². The molecule has 0 aliphatic carbocycles. The Balaban J connectivity index is 1.76. The number of hydrogen-bond acceptors (Lipinski definition) is 5. The second-order valence-electron chi connectivity index (χ2n) is 4.28. The lowest BCUT2D eigenvalue weighted by Crippen LogP contribution is -1.85. The molecule has 1 N–H and O–H groups in total. The molecule has 0 bridgehead atoms. The van der Waals surface area contributed by atoms with Gasteiger partial charge in [-0.3, -0.25) is 0 Å². The molecule has 3 rings (SSSR count). The Morgan fingerprint density at radius 3 is 2.76 bits per heavy atom. The van der Waals surface area contributed by atoms with E-state index in [9.17, 15) is 5.11 Å². The van der Waals surface area contributed by atoms with E-state index in [2.05, 4.69) is 32.7 Å². The van der Waals surface area contributed by atoms with Gasteiger partial charge in [-0.15, -0.1) is 11.8 Å². The molecule has 4 nitrogen and oxygen atoms in total. The van der Waals surface area contributed by atoms with Crippen LogP contribution in [0.3, 0.4) is 0 Å². The van der Waals surface area contributed by atoms with Crippen LogP contribution < -0.4 is 0 Å². The minimum absolute atomic E-state index is 0.140. The molecule has 3 aromatic rings.